The fourth-order valence-electron chi connectivity index (χ4n) is 2.17. The molecule has 2 nitrogen and oxygen atoms in total. The normalized spacial score (nSPS) is 17.8. The van der Waals surface area contributed by atoms with Gasteiger partial charge in [0, 0.05) is 13.5 Å². The molecular formula is C14H18O2. The van der Waals surface area contributed by atoms with Crippen molar-refractivity contribution in [2.75, 3.05) is 7.11 Å². The molecule has 0 heterocycles. The number of hydrogen-bond donors (Lipinski definition) is 0. The Bertz CT molecular complexity index is 341. The maximum Gasteiger partial charge on any atom is 0.166 e. The predicted octanol–water partition coefficient (Wildman–Crippen LogP) is 3.13. The lowest BCUT2D eigenvalue weighted by Crippen LogP contribution is -2.21. The second-order valence-corrected chi connectivity index (χ2v) is 4.49. The first-order chi connectivity index (χ1) is 7.81. The number of methoxy groups -OCH3 is 1. The van der Waals surface area contributed by atoms with Crippen molar-refractivity contribution in [1.82, 2.24) is 0 Å². The monoisotopic (exact) mass is 218 g/mol. The van der Waals surface area contributed by atoms with E-state index in [1.54, 1.807) is 7.11 Å². The van der Waals surface area contributed by atoms with Gasteiger partial charge in [0.15, 0.2) is 5.78 Å². The van der Waals surface area contributed by atoms with Gasteiger partial charge >= 0.3 is 0 Å². The second kappa shape index (κ2) is 5.26. The molecule has 1 saturated carbocycles. The van der Waals surface area contributed by atoms with Gasteiger partial charge in [-0.1, -0.05) is 49.6 Å². The Labute approximate surface area is 96.6 Å². The smallest absolute Gasteiger partial charge is 0.166 e. The van der Waals surface area contributed by atoms with E-state index in [1.165, 1.54) is 19.3 Å². The van der Waals surface area contributed by atoms with Crippen molar-refractivity contribution in [2.24, 2.45) is 5.92 Å². The molecule has 0 radical (unpaired) electrons. The van der Waals surface area contributed by atoms with Gasteiger partial charge in [0.25, 0.3) is 0 Å². The molecule has 86 valence electrons. The maximum atomic E-state index is 12.1. The third-order valence-corrected chi connectivity index (χ3v) is 3.35. The van der Waals surface area contributed by atoms with Gasteiger partial charge in [-0.15, -0.1) is 0 Å². The zero-order valence-corrected chi connectivity index (χ0v) is 9.69. The van der Waals surface area contributed by atoms with E-state index in [4.69, 9.17) is 4.74 Å². The Morgan fingerprint density at radius 2 is 2.06 bits per heavy atom. The second-order valence-electron chi connectivity index (χ2n) is 4.49. The van der Waals surface area contributed by atoms with Crippen molar-refractivity contribution in [3.8, 4) is 0 Å². The largest absolute Gasteiger partial charge is 0.369 e. The number of carbonyl (C=O) groups is 1. The van der Waals surface area contributed by atoms with Crippen molar-refractivity contribution >= 4 is 5.78 Å². The van der Waals surface area contributed by atoms with Crippen LogP contribution in [-0.2, 0) is 9.53 Å². The van der Waals surface area contributed by atoms with Crippen molar-refractivity contribution in [1.29, 1.82) is 0 Å². The van der Waals surface area contributed by atoms with Crippen LogP contribution in [0, 0.1) is 5.92 Å². The van der Waals surface area contributed by atoms with E-state index in [0.29, 0.717) is 12.3 Å². The highest BCUT2D eigenvalue weighted by Crippen LogP contribution is 2.32. The molecule has 1 aliphatic carbocycles. The van der Waals surface area contributed by atoms with Crippen LogP contribution in [-0.4, -0.2) is 12.9 Å². The van der Waals surface area contributed by atoms with Gasteiger partial charge in [0.2, 0.25) is 0 Å². The van der Waals surface area contributed by atoms with Gasteiger partial charge in [-0.2, -0.15) is 0 Å². The fraction of sp³-hybridized carbons (Fsp3) is 0.500. The molecule has 1 unspecified atom stereocenters. The van der Waals surface area contributed by atoms with E-state index in [0.717, 1.165) is 5.56 Å². The molecule has 0 aliphatic heterocycles. The summed E-state index contributed by atoms with van der Waals surface area (Å²) in [6.45, 7) is 0. The van der Waals surface area contributed by atoms with Gasteiger partial charge < -0.3 is 4.74 Å². The van der Waals surface area contributed by atoms with Crippen LogP contribution in [0.2, 0.25) is 0 Å². The first kappa shape index (κ1) is 11.3. The molecule has 0 N–H and O–H groups in total. The summed E-state index contributed by atoms with van der Waals surface area (Å²) in [7, 11) is 1.61. The number of ketones is 1. The minimum atomic E-state index is -0.373. The van der Waals surface area contributed by atoms with Crippen LogP contribution in [0.1, 0.15) is 37.4 Å². The topological polar surface area (TPSA) is 26.3 Å². The zero-order valence-electron chi connectivity index (χ0n) is 9.69. The lowest BCUT2D eigenvalue weighted by atomic mass is 9.80. The van der Waals surface area contributed by atoms with Gasteiger partial charge in [-0.3, -0.25) is 4.79 Å². The molecule has 0 bridgehead atoms. The Morgan fingerprint density at radius 3 is 2.56 bits per heavy atom. The first-order valence-corrected chi connectivity index (χ1v) is 5.91. The minimum Gasteiger partial charge on any atom is -0.369 e. The summed E-state index contributed by atoms with van der Waals surface area (Å²) >= 11 is 0. The molecule has 0 amide bonds. The first-order valence-electron chi connectivity index (χ1n) is 5.91. The summed E-state index contributed by atoms with van der Waals surface area (Å²) in [5.41, 5.74) is 0.967. The number of hydrogen-bond acceptors (Lipinski definition) is 2. The van der Waals surface area contributed by atoms with E-state index < -0.39 is 0 Å². The zero-order chi connectivity index (χ0) is 11.4. The summed E-state index contributed by atoms with van der Waals surface area (Å²) in [4.78, 5) is 12.1. The summed E-state index contributed by atoms with van der Waals surface area (Å²) in [6, 6.07) is 9.74. The Morgan fingerprint density at radius 1 is 1.38 bits per heavy atom. The molecule has 1 atom stereocenters. The van der Waals surface area contributed by atoms with Crippen LogP contribution in [0.3, 0.4) is 0 Å². The minimum absolute atomic E-state index is 0.221. The average Bonchev–Trinajstić information content (AvgIpc) is 2.26. The highest BCUT2D eigenvalue weighted by atomic mass is 16.5. The van der Waals surface area contributed by atoms with Gasteiger partial charge in [-0.05, 0) is 11.5 Å². The van der Waals surface area contributed by atoms with E-state index >= 15 is 0 Å². The number of Topliss-reactive ketones (excluding diaryl/α,β-unsaturated/α-hetero) is 1. The molecule has 0 spiro atoms. The Kier molecular flexibility index (Phi) is 3.73. The standard InChI is InChI=1S/C14H18O2/c1-16-14(12-8-3-2-4-9-12)13(15)10-11-6-5-7-11/h2-4,8-9,11,14H,5-7,10H2,1H3. The molecule has 1 aliphatic rings. The molecule has 1 fully saturated rings. The van der Waals surface area contributed by atoms with Crippen molar-refractivity contribution in [2.45, 2.75) is 31.8 Å². The van der Waals surface area contributed by atoms with Crippen LogP contribution in [0.25, 0.3) is 0 Å². The SMILES string of the molecule is COC(C(=O)CC1CCC1)c1ccccc1. The average molecular weight is 218 g/mol. The molecular weight excluding hydrogens is 200 g/mol. The van der Waals surface area contributed by atoms with E-state index in [9.17, 15) is 4.79 Å². The van der Waals surface area contributed by atoms with Gasteiger partial charge in [0.1, 0.15) is 6.10 Å². The number of benzene rings is 1. The van der Waals surface area contributed by atoms with E-state index in [2.05, 4.69) is 0 Å². The van der Waals surface area contributed by atoms with Crippen LogP contribution >= 0.6 is 0 Å². The van der Waals surface area contributed by atoms with Crippen molar-refractivity contribution < 1.29 is 9.53 Å². The summed E-state index contributed by atoms with van der Waals surface area (Å²) in [6.07, 6.45) is 3.99. The fourth-order valence-corrected chi connectivity index (χ4v) is 2.17. The molecule has 0 aromatic heterocycles. The molecule has 1 aromatic rings. The van der Waals surface area contributed by atoms with Crippen molar-refractivity contribution in [3.05, 3.63) is 35.9 Å². The summed E-state index contributed by atoms with van der Waals surface area (Å²) in [5.74, 6) is 0.826. The highest BCUT2D eigenvalue weighted by Gasteiger charge is 2.26. The van der Waals surface area contributed by atoms with Crippen molar-refractivity contribution in [3.63, 3.8) is 0 Å². The number of carbonyl (C=O) groups excluding carboxylic acids is 1. The molecule has 16 heavy (non-hydrogen) atoms. The van der Waals surface area contributed by atoms with Gasteiger partial charge in [-0.25, -0.2) is 0 Å². The van der Waals surface area contributed by atoms with Crippen LogP contribution in [0.15, 0.2) is 30.3 Å². The van der Waals surface area contributed by atoms with Crippen LogP contribution in [0.5, 0.6) is 0 Å². The van der Waals surface area contributed by atoms with Crippen LogP contribution < -0.4 is 0 Å². The molecule has 1 aromatic carbocycles. The third kappa shape index (κ3) is 2.50. The van der Waals surface area contributed by atoms with Crippen LogP contribution in [0.4, 0.5) is 0 Å². The molecule has 2 heteroatoms. The maximum absolute atomic E-state index is 12.1. The number of rotatable bonds is 5. The van der Waals surface area contributed by atoms with E-state index in [1.807, 2.05) is 30.3 Å². The number of ether oxygens (including phenoxy) is 1. The van der Waals surface area contributed by atoms with E-state index in [-0.39, 0.29) is 11.9 Å². The Hall–Kier alpha value is -1.15. The summed E-state index contributed by atoms with van der Waals surface area (Å²) in [5, 5.41) is 0. The predicted molar refractivity (Wildman–Crippen MR) is 63.2 cm³/mol. The van der Waals surface area contributed by atoms with Gasteiger partial charge in [0.05, 0.1) is 0 Å². The third-order valence-electron chi connectivity index (χ3n) is 3.35. The molecule has 2 rings (SSSR count). The lowest BCUT2D eigenvalue weighted by Gasteiger charge is -2.26. The Balaban J connectivity index is 2.01. The molecule has 0 saturated heterocycles. The summed E-state index contributed by atoms with van der Waals surface area (Å²) < 4.78 is 5.32. The quantitative estimate of drug-likeness (QED) is 0.759. The lowest BCUT2D eigenvalue weighted by molar-refractivity contribution is -0.130. The highest BCUT2D eigenvalue weighted by molar-refractivity contribution is 5.84.